The molecule has 37 heavy (non-hydrogen) atoms. The molecular weight excluding hydrogens is 474 g/mol. The number of carbonyl (C=O) groups is 1. The third-order valence-corrected chi connectivity index (χ3v) is 7.60. The molecule has 3 aromatic rings. The Morgan fingerprint density at radius 3 is 2.54 bits per heavy atom. The molecule has 5 rings (SSSR count). The number of fused-ring (bicyclic) bond motifs is 1. The van der Waals surface area contributed by atoms with Gasteiger partial charge in [-0.15, -0.1) is 5.10 Å². The van der Waals surface area contributed by atoms with Crippen LogP contribution >= 0.6 is 0 Å². The van der Waals surface area contributed by atoms with Gasteiger partial charge in [-0.3, -0.25) is 9.59 Å². The summed E-state index contributed by atoms with van der Waals surface area (Å²) < 4.78 is 14.2. The molecule has 0 unspecified atom stereocenters. The van der Waals surface area contributed by atoms with Crippen LogP contribution in [0.3, 0.4) is 0 Å². The summed E-state index contributed by atoms with van der Waals surface area (Å²) in [4.78, 5) is 32.8. The fraction of sp³-hybridized carbons (Fsp3) is 0.538. The van der Waals surface area contributed by atoms with E-state index in [0.29, 0.717) is 22.8 Å². The van der Waals surface area contributed by atoms with E-state index < -0.39 is 0 Å². The average molecular weight is 510 g/mol. The Bertz CT molecular complexity index is 1320. The Balaban J connectivity index is 1.44. The van der Waals surface area contributed by atoms with Gasteiger partial charge in [0.15, 0.2) is 17.2 Å². The largest absolute Gasteiger partial charge is 0.381 e. The Morgan fingerprint density at radius 2 is 1.89 bits per heavy atom. The van der Waals surface area contributed by atoms with Crippen molar-refractivity contribution in [3.05, 3.63) is 46.6 Å². The number of ether oxygens (including phenoxy) is 2. The summed E-state index contributed by atoms with van der Waals surface area (Å²) >= 11 is 0. The number of nitrogens with one attached hydrogen (secondary N) is 2. The summed E-state index contributed by atoms with van der Waals surface area (Å²) in [7, 11) is 7.20. The zero-order chi connectivity index (χ0) is 26.1. The van der Waals surface area contributed by atoms with Crippen molar-refractivity contribution >= 4 is 28.7 Å². The molecule has 0 bridgehead atoms. The molecule has 0 aliphatic heterocycles. The van der Waals surface area contributed by atoms with Gasteiger partial charge < -0.3 is 29.6 Å². The fourth-order valence-electron chi connectivity index (χ4n) is 5.25. The first kappa shape index (κ1) is 25.2. The molecule has 2 fully saturated rings. The van der Waals surface area contributed by atoms with Gasteiger partial charge in [-0.1, -0.05) is 0 Å². The van der Waals surface area contributed by atoms with Gasteiger partial charge in [0.2, 0.25) is 0 Å². The SMILES string of the molecule is CO[C@H]1CC[C@@H]1NC(=O)c1cnc2c(N(C)C)cc(Nc3cccn([C@H]4CC[C@H](OC)CC4)c3=O)nn12. The quantitative estimate of drug-likeness (QED) is 0.476. The zero-order valence-electron chi connectivity index (χ0n) is 21.8. The topological polar surface area (TPSA) is 115 Å². The minimum atomic E-state index is -0.262. The first-order chi connectivity index (χ1) is 17.9. The van der Waals surface area contributed by atoms with Gasteiger partial charge in [0.1, 0.15) is 5.69 Å². The lowest BCUT2D eigenvalue weighted by Crippen LogP contribution is -2.51. The highest BCUT2D eigenvalue weighted by Crippen LogP contribution is 2.30. The first-order valence-electron chi connectivity index (χ1n) is 12.8. The molecule has 11 nitrogen and oxygen atoms in total. The van der Waals surface area contributed by atoms with E-state index in [1.807, 2.05) is 37.3 Å². The summed E-state index contributed by atoms with van der Waals surface area (Å²) in [5, 5.41) is 10.9. The number of pyridine rings is 1. The van der Waals surface area contributed by atoms with E-state index >= 15 is 0 Å². The molecule has 0 aromatic carbocycles. The number of carbonyl (C=O) groups excluding carboxylic acids is 1. The molecular formula is C26H35N7O4. The first-order valence-corrected chi connectivity index (χ1v) is 12.8. The summed E-state index contributed by atoms with van der Waals surface area (Å²) in [6, 6.07) is 5.57. The minimum absolute atomic E-state index is 0.0236. The maximum Gasteiger partial charge on any atom is 0.274 e. The van der Waals surface area contributed by atoms with Crippen LogP contribution in [-0.4, -0.2) is 71.6 Å². The second-order valence-electron chi connectivity index (χ2n) is 10.0. The summed E-state index contributed by atoms with van der Waals surface area (Å²) in [5.41, 5.74) is 1.97. The minimum Gasteiger partial charge on any atom is -0.381 e. The molecule has 0 saturated heterocycles. The Labute approximate surface area is 215 Å². The number of rotatable bonds is 8. The molecule has 198 valence electrons. The Morgan fingerprint density at radius 1 is 1.11 bits per heavy atom. The van der Waals surface area contributed by atoms with Crippen LogP contribution in [0.25, 0.3) is 5.65 Å². The van der Waals surface area contributed by atoms with Gasteiger partial charge in [0, 0.05) is 46.6 Å². The van der Waals surface area contributed by atoms with E-state index in [0.717, 1.165) is 44.2 Å². The molecule has 2 atom stereocenters. The number of amides is 1. The molecule has 11 heteroatoms. The van der Waals surface area contributed by atoms with Crippen molar-refractivity contribution in [3.63, 3.8) is 0 Å². The summed E-state index contributed by atoms with van der Waals surface area (Å²) in [6.45, 7) is 0. The molecule has 3 heterocycles. The van der Waals surface area contributed by atoms with Crippen LogP contribution in [0, 0.1) is 0 Å². The van der Waals surface area contributed by atoms with Crippen LogP contribution in [-0.2, 0) is 9.47 Å². The predicted octanol–water partition coefficient (Wildman–Crippen LogP) is 2.74. The van der Waals surface area contributed by atoms with Crippen molar-refractivity contribution in [2.45, 2.75) is 62.8 Å². The van der Waals surface area contributed by atoms with Gasteiger partial charge in [-0.2, -0.15) is 0 Å². The molecule has 3 aromatic heterocycles. The Kier molecular flexibility index (Phi) is 7.16. The standard InChI is InChI=1S/C26H35N7O4/c1-31(2)20-14-23(28-19-6-5-13-32(26(19)35)16-7-9-17(36-3)10-8-16)30-33-21(15-27-24(20)33)25(34)29-18-11-12-22(18)37-4/h5-6,13-18,22H,7-12H2,1-4H3,(H,28,30)(H,29,34)/t16-,17-,18-,22-/m0/s1. The number of nitrogens with zero attached hydrogens (tertiary/aromatic N) is 5. The summed E-state index contributed by atoms with van der Waals surface area (Å²) in [6.07, 6.45) is 9.13. The van der Waals surface area contributed by atoms with Crippen LogP contribution in [0.1, 0.15) is 55.1 Å². The van der Waals surface area contributed by atoms with Crippen molar-refractivity contribution in [2.24, 2.45) is 0 Å². The molecule has 1 amide bonds. The normalized spacial score (nSPS) is 23.5. The van der Waals surface area contributed by atoms with Crippen molar-refractivity contribution in [1.82, 2.24) is 24.5 Å². The molecule has 0 spiro atoms. The molecule has 2 aliphatic rings. The van der Waals surface area contributed by atoms with Gasteiger partial charge in [0.25, 0.3) is 11.5 Å². The van der Waals surface area contributed by atoms with E-state index in [9.17, 15) is 9.59 Å². The zero-order valence-corrected chi connectivity index (χ0v) is 21.8. The van der Waals surface area contributed by atoms with Crippen molar-refractivity contribution in [2.75, 3.05) is 38.5 Å². The lowest BCUT2D eigenvalue weighted by atomic mass is 9.89. The highest BCUT2D eigenvalue weighted by atomic mass is 16.5. The third kappa shape index (κ3) is 4.93. The van der Waals surface area contributed by atoms with E-state index in [2.05, 4.69) is 20.7 Å². The summed E-state index contributed by atoms with van der Waals surface area (Å²) in [5.74, 6) is 0.182. The van der Waals surface area contributed by atoms with Crippen LogP contribution in [0.5, 0.6) is 0 Å². The van der Waals surface area contributed by atoms with Crippen molar-refractivity contribution in [1.29, 1.82) is 0 Å². The van der Waals surface area contributed by atoms with E-state index in [1.165, 1.54) is 10.7 Å². The van der Waals surface area contributed by atoms with Gasteiger partial charge in [-0.05, 0) is 50.7 Å². The molecule has 2 aliphatic carbocycles. The molecule has 2 N–H and O–H groups in total. The van der Waals surface area contributed by atoms with Crippen LogP contribution < -0.4 is 21.1 Å². The van der Waals surface area contributed by atoms with Crippen LogP contribution in [0.2, 0.25) is 0 Å². The maximum absolute atomic E-state index is 13.4. The number of methoxy groups -OCH3 is 2. The average Bonchev–Trinajstić information content (AvgIpc) is 3.31. The molecule has 2 saturated carbocycles. The van der Waals surface area contributed by atoms with Crippen LogP contribution in [0.4, 0.5) is 17.2 Å². The maximum atomic E-state index is 13.4. The van der Waals surface area contributed by atoms with Gasteiger partial charge in [0.05, 0.1) is 30.1 Å². The van der Waals surface area contributed by atoms with E-state index in [4.69, 9.17) is 9.47 Å². The van der Waals surface area contributed by atoms with E-state index in [1.54, 1.807) is 24.9 Å². The lowest BCUT2D eigenvalue weighted by molar-refractivity contribution is 0.00718. The smallest absolute Gasteiger partial charge is 0.274 e. The fourth-order valence-corrected chi connectivity index (χ4v) is 5.25. The van der Waals surface area contributed by atoms with Crippen LogP contribution in [0.15, 0.2) is 35.4 Å². The van der Waals surface area contributed by atoms with Crippen molar-refractivity contribution < 1.29 is 14.3 Å². The molecule has 0 radical (unpaired) electrons. The Hall–Kier alpha value is -3.44. The number of aromatic nitrogens is 4. The number of imidazole rings is 1. The number of hydrogen-bond donors (Lipinski definition) is 2. The lowest BCUT2D eigenvalue weighted by Gasteiger charge is -2.35. The van der Waals surface area contributed by atoms with Gasteiger partial charge >= 0.3 is 0 Å². The highest BCUT2D eigenvalue weighted by Gasteiger charge is 2.33. The monoisotopic (exact) mass is 509 g/mol. The van der Waals surface area contributed by atoms with Crippen molar-refractivity contribution in [3.8, 4) is 0 Å². The van der Waals surface area contributed by atoms with Gasteiger partial charge in [-0.25, -0.2) is 9.50 Å². The second-order valence-corrected chi connectivity index (χ2v) is 10.0. The second kappa shape index (κ2) is 10.5. The third-order valence-electron chi connectivity index (χ3n) is 7.60. The van der Waals surface area contributed by atoms with E-state index in [-0.39, 0.29) is 35.8 Å². The predicted molar refractivity (Wildman–Crippen MR) is 141 cm³/mol. The number of anilines is 3. The number of hydrogen-bond acceptors (Lipinski definition) is 8. The highest BCUT2D eigenvalue weighted by molar-refractivity contribution is 5.94.